The first-order chi connectivity index (χ1) is 13.8. The molecule has 1 unspecified atom stereocenters. The number of rotatable bonds is 7. The first-order valence-electron chi connectivity index (χ1n) is 10.6. The van der Waals surface area contributed by atoms with Gasteiger partial charge < -0.3 is 19.3 Å². The predicted molar refractivity (Wildman–Crippen MR) is 122 cm³/mol. The van der Waals surface area contributed by atoms with Crippen LogP contribution in [0.5, 0.6) is 0 Å². The molecule has 1 atom stereocenters. The molecular formula is C25H36N2O2. The summed E-state index contributed by atoms with van der Waals surface area (Å²) in [5, 5.41) is 0. The molecule has 0 spiro atoms. The Morgan fingerprint density at radius 3 is 1.83 bits per heavy atom. The van der Waals surface area contributed by atoms with Gasteiger partial charge in [-0.1, -0.05) is 35.4 Å². The van der Waals surface area contributed by atoms with Gasteiger partial charge in [0.05, 0.1) is 32.5 Å². The summed E-state index contributed by atoms with van der Waals surface area (Å²) in [6.45, 7) is 17.1. The molecule has 2 aromatic rings. The maximum absolute atomic E-state index is 5.98. The molecule has 0 aliphatic carbocycles. The van der Waals surface area contributed by atoms with Crippen molar-refractivity contribution in [2.24, 2.45) is 0 Å². The van der Waals surface area contributed by atoms with Crippen LogP contribution in [0.3, 0.4) is 0 Å². The quantitative estimate of drug-likeness (QED) is 0.625. The summed E-state index contributed by atoms with van der Waals surface area (Å²) in [5.41, 5.74) is 10.7. The van der Waals surface area contributed by atoms with Crippen LogP contribution in [-0.2, 0) is 9.47 Å². The first kappa shape index (κ1) is 21.7. The molecule has 29 heavy (non-hydrogen) atoms. The van der Waals surface area contributed by atoms with Gasteiger partial charge >= 0.3 is 0 Å². The molecule has 1 aliphatic heterocycles. The van der Waals surface area contributed by atoms with Crippen molar-refractivity contribution in [3.05, 3.63) is 57.6 Å². The molecule has 4 heteroatoms. The number of anilines is 2. The Labute approximate surface area is 176 Å². The van der Waals surface area contributed by atoms with Crippen molar-refractivity contribution >= 4 is 11.4 Å². The van der Waals surface area contributed by atoms with E-state index in [0.717, 1.165) is 13.2 Å². The Bertz CT molecular complexity index is 816. The van der Waals surface area contributed by atoms with Crippen LogP contribution in [-0.4, -0.2) is 46.2 Å². The summed E-state index contributed by atoms with van der Waals surface area (Å²) in [6.07, 6.45) is 0. The average molecular weight is 397 g/mol. The number of aryl methyl sites for hydroxylation is 6. The molecule has 0 amide bonds. The van der Waals surface area contributed by atoms with E-state index in [1.807, 2.05) is 0 Å². The van der Waals surface area contributed by atoms with E-state index in [9.17, 15) is 0 Å². The lowest BCUT2D eigenvalue weighted by Crippen LogP contribution is -2.36. The third kappa shape index (κ3) is 4.76. The normalized spacial score (nSPS) is 16.7. The highest BCUT2D eigenvalue weighted by molar-refractivity contribution is 5.67. The number of hydrogen-bond donors (Lipinski definition) is 0. The van der Waals surface area contributed by atoms with Crippen molar-refractivity contribution < 1.29 is 9.47 Å². The third-order valence-corrected chi connectivity index (χ3v) is 5.81. The fourth-order valence-electron chi connectivity index (χ4n) is 4.93. The Kier molecular flexibility index (Phi) is 6.86. The van der Waals surface area contributed by atoms with Gasteiger partial charge in [0.2, 0.25) is 0 Å². The van der Waals surface area contributed by atoms with Crippen molar-refractivity contribution in [3.8, 4) is 0 Å². The van der Waals surface area contributed by atoms with Gasteiger partial charge in [-0.2, -0.15) is 0 Å². The van der Waals surface area contributed by atoms with E-state index in [1.165, 1.54) is 44.8 Å². The second kappa shape index (κ2) is 9.19. The minimum Gasteiger partial charge on any atom is -0.382 e. The van der Waals surface area contributed by atoms with Crippen molar-refractivity contribution in [3.63, 3.8) is 0 Å². The highest BCUT2D eigenvalue weighted by Crippen LogP contribution is 2.35. The van der Waals surface area contributed by atoms with Crippen LogP contribution in [0.2, 0.25) is 0 Å². The molecule has 0 radical (unpaired) electrons. The van der Waals surface area contributed by atoms with E-state index in [0.29, 0.717) is 25.9 Å². The van der Waals surface area contributed by atoms with Crippen molar-refractivity contribution in [2.45, 2.75) is 47.6 Å². The maximum Gasteiger partial charge on any atom is 0.0908 e. The van der Waals surface area contributed by atoms with Crippen LogP contribution >= 0.6 is 0 Å². The lowest BCUT2D eigenvalue weighted by atomic mass is 10.0. The van der Waals surface area contributed by atoms with Gasteiger partial charge in [0.1, 0.15) is 0 Å². The summed E-state index contributed by atoms with van der Waals surface area (Å²) in [5.74, 6) is 0. The summed E-state index contributed by atoms with van der Waals surface area (Å²) in [7, 11) is 1.72. The van der Waals surface area contributed by atoms with Gasteiger partial charge in [-0.25, -0.2) is 0 Å². The van der Waals surface area contributed by atoms with Crippen LogP contribution in [0.15, 0.2) is 24.3 Å². The lowest BCUT2D eigenvalue weighted by Gasteiger charge is -2.29. The second-order valence-electron chi connectivity index (χ2n) is 8.55. The molecule has 1 saturated heterocycles. The molecule has 4 nitrogen and oxygen atoms in total. The number of benzene rings is 2. The largest absolute Gasteiger partial charge is 0.382 e. The SMILES string of the molecule is COCCOCC1CN(c2c(C)cc(C)cc2C)CN1c1c(C)cc(C)cc1C. The van der Waals surface area contributed by atoms with Gasteiger partial charge in [-0.05, 0) is 63.8 Å². The standard InChI is InChI=1S/C25H36N2O2/c1-17-10-19(3)24(20(4)11-17)26-14-23(15-29-9-8-28-7)27(16-26)25-21(5)12-18(2)13-22(25)6/h10-13,23H,8-9,14-16H2,1-7H3. The van der Waals surface area contributed by atoms with Crippen LogP contribution < -0.4 is 9.80 Å². The Balaban J connectivity index is 1.93. The minimum absolute atomic E-state index is 0.312. The summed E-state index contributed by atoms with van der Waals surface area (Å²) in [6, 6.07) is 9.47. The summed E-state index contributed by atoms with van der Waals surface area (Å²) in [4.78, 5) is 5.06. The third-order valence-electron chi connectivity index (χ3n) is 5.81. The molecule has 1 aliphatic rings. The van der Waals surface area contributed by atoms with E-state index in [4.69, 9.17) is 9.47 Å². The molecule has 3 rings (SSSR count). The van der Waals surface area contributed by atoms with Crippen LogP contribution in [0, 0.1) is 41.5 Å². The van der Waals surface area contributed by atoms with Crippen molar-refractivity contribution in [1.29, 1.82) is 0 Å². The highest BCUT2D eigenvalue weighted by atomic mass is 16.5. The Hall–Kier alpha value is -2.04. The molecule has 1 fully saturated rings. The number of ether oxygens (including phenoxy) is 2. The van der Waals surface area contributed by atoms with E-state index >= 15 is 0 Å². The van der Waals surface area contributed by atoms with Crippen molar-refractivity contribution in [2.75, 3.05) is 49.9 Å². The zero-order valence-electron chi connectivity index (χ0n) is 19.1. The fourth-order valence-corrected chi connectivity index (χ4v) is 4.93. The fraction of sp³-hybridized carbons (Fsp3) is 0.520. The van der Waals surface area contributed by atoms with Gasteiger partial charge in [-0.3, -0.25) is 0 Å². The van der Waals surface area contributed by atoms with E-state index in [1.54, 1.807) is 7.11 Å². The number of hydrogen-bond acceptors (Lipinski definition) is 4. The predicted octanol–water partition coefficient (Wildman–Crippen LogP) is 4.85. The lowest BCUT2D eigenvalue weighted by molar-refractivity contribution is 0.0655. The molecular weight excluding hydrogens is 360 g/mol. The Morgan fingerprint density at radius 1 is 0.793 bits per heavy atom. The molecule has 0 aromatic heterocycles. The Morgan fingerprint density at radius 2 is 1.31 bits per heavy atom. The molecule has 158 valence electrons. The maximum atomic E-state index is 5.98. The molecule has 1 heterocycles. The summed E-state index contributed by atoms with van der Waals surface area (Å²) < 4.78 is 11.1. The van der Waals surface area contributed by atoms with Gasteiger partial charge in [0.15, 0.2) is 0 Å². The molecule has 0 saturated carbocycles. The number of methoxy groups -OCH3 is 1. The smallest absolute Gasteiger partial charge is 0.0908 e. The van der Waals surface area contributed by atoms with Gasteiger partial charge in [0, 0.05) is 25.0 Å². The minimum atomic E-state index is 0.312. The van der Waals surface area contributed by atoms with E-state index in [-0.39, 0.29) is 0 Å². The molecule has 2 aromatic carbocycles. The molecule has 0 N–H and O–H groups in total. The number of nitrogens with zero attached hydrogens (tertiary/aromatic N) is 2. The monoisotopic (exact) mass is 396 g/mol. The van der Waals surface area contributed by atoms with E-state index < -0.39 is 0 Å². The van der Waals surface area contributed by atoms with Crippen molar-refractivity contribution in [1.82, 2.24) is 0 Å². The average Bonchev–Trinajstić information content (AvgIpc) is 3.00. The van der Waals surface area contributed by atoms with Crippen LogP contribution in [0.4, 0.5) is 11.4 Å². The van der Waals surface area contributed by atoms with Crippen LogP contribution in [0.25, 0.3) is 0 Å². The topological polar surface area (TPSA) is 24.9 Å². The van der Waals surface area contributed by atoms with Gasteiger partial charge in [0.25, 0.3) is 0 Å². The zero-order valence-corrected chi connectivity index (χ0v) is 19.1. The first-order valence-corrected chi connectivity index (χ1v) is 10.6. The van der Waals surface area contributed by atoms with Gasteiger partial charge in [-0.15, -0.1) is 0 Å². The second-order valence-corrected chi connectivity index (χ2v) is 8.55. The summed E-state index contributed by atoms with van der Waals surface area (Å²) >= 11 is 0. The zero-order chi connectivity index (χ0) is 21.1. The van der Waals surface area contributed by atoms with Crippen LogP contribution in [0.1, 0.15) is 33.4 Å². The highest BCUT2D eigenvalue weighted by Gasteiger charge is 2.33. The van der Waals surface area contributed by atoms with E-state index in [2.05, 4.69) is 75.6 Å². The molecule has 0 bridgehead atoms.